The van der Waals surface area contributed by atoms with E-state index in [1.165, 1.54) is 11.3 Å². The first kappa shape index (κ1) is 12.2. The fourth-order valence-corrected chi connectivity index (χ4v) is 2.71. The van der Waals surface area contributed by atoms with Gasteiger partial charge in [-0.05, 0) is 18.1 Å². The second-order valence-corrected chi connectivity index (χ2v) is 4.97. The molecule has 1 atom stereocenters. The standard InChI is InChI=1S/C15H19N3O/c19-15(13-5-3-8-16-13)17-9-11-18-10-7-12-4-1-2-6-14(12)18/h1-6,13,16H,7-11H2,(H,17,19)/t13-/m1/s1. The second-order valence-electron chi connectivity index (χ2n) is 4.97. The number of carbonyl (C=O) groups excluding carboxylic acids is 1. The van der Waals surface area contributed by atoms with Gasteiger partial charge in [-0.2, -0.15) is 0 Å². The zero-order chi connectivity index (χ0) is 13.1. The van der Waals surface area contributed by atoms with E-state index in [4.69, 9.17) is 0 Å². The molecule has 3 rings (SSSR count). The van der Waals surface area contributed by atoms with Gasteiger partial charge in [0.1, 0.15) is 6.04 Å². The Morgan fingerprint density at radius 3 is 3.16 bits per heavy atom. The lowest BCUT2D eigenvalue weighted by Gasteiger charge is -2.20. The molecule has 4 nitrogen and oxygen atoms in total. The molecule has 0 bridgehead atoms. The van der Waals surface area contributed by atoms with E-state index in [0.29, 0.717) is 6.54 Å². The van der Waals surface area contributed by atoms with Crippen molar-refractivity contribution in [1.82, 2.24) is 10.6 Å². The second kappa shape index (κ2) is 5.45. The molecule has 0 radical (unpaired) electrons. The van der Waals surface area contributed by atoms with Crippen LogP contribution in [0.25, 0.3) is 0 Å². The van der Waals surface area contributed by atoms with Crippen molar-refractivity contribution in [2.45, 2.75) is 12.5 Å². The van der Waals surface area contributed by atoms with Crippen LogP contribution in [0, 0.1) is 0 Å². The Balaban J connectivity index is 1.48. The van der Waals surface area contributed by atoms with Gasteiger partial charge in [-0.1, -0.05) is 30.4 Å². The van der Waals surface area contributed by atoms with Crippen molar-refractivity contribution < 1.29 is 4.79 Å². The third-order valence-corrected chi connectivity index (χ3v) is 3.73. The molecule has 1 amide bonds. The summed E-state index contributed by atoms with van der Waals surface area (Å²) in [6.07, 6.45) is 5.01. The fraction of sp³-hybridized carbons (Fsp3) is 0.400. The van der Waals surface area contributed by atoms with Crippen LogP contribution in [0.5, 0.6) is 0 Å². The fourth-order valence-electron chi connectivity index (χ4n) is 2.71. The number of carbonyl (C=O) groups is 1. The van der Waals surface area contributed by atoms with Crippen LogP contribution < -0.4 is 15.5 Å². The summed E-state index contributed by atoms with van der Waals surface area (Å²) in [5, 5.41) is 6.10. The third-order valence-electron chi connectivity index (χ3n) is 3.73. The van der Waals surface area contributed by atoms with Crippen molar-refractivity contribution in [3.63, 3.8) is 0 Å². The minimum atomic E-state index is -0.147. The van der Waals surface area contributed by atoms with Gasteiger partial charge in [-0.15, -0.1) is 0 Å². The van der Waals surface area contributed by atoms with Gasteiger partial charge in [-0.3, -0.25) is 10.1 Å². The maximum atomic E-state index is 11.8. The number of hydrogen-bond acceptors (Lipinski definition) is 3. The molecule has 0 aromatic heterocycles. The smallest absolute Gasteiger partial charge is 0.241 e. The largest absolute Gasteiger partial charge is 0.369 e. The van der Waals surface area contributed by atoms with E-state index in [1.54, 1.807) is 0 Å². The molecule has 2 N–H and O–H groups in total. The molecule has 0 saturated heterocycles. The normalized spacial score (nSPS) is 20.6. The average Bonchev–Trinajstić information content (AvgIpc) is 3.08. The first-order valence-electron chi connectivity index (χ1n) is 6.85. The molecular formula is C15H19N3O. The molecule has 1 aromatic carbocycles. The summed E-state index contributed by atoms with van der Waals surface area (Å²) in [7, 11) is 0. The van der Waals surface area contributed by atoms with Gasteiger partial charge in [0.05, 0.1) is 0 Å². The van der Waals surface area contributed by atoms with E-state index < -0.39 is 0 Å². The topological polar surface area (TPSA) is 44.4 Å². The molecule has 1 aromatic rings. The SMILES string of the molecule is O=C(NCCN1CCc2ccccc21)[C@H]1C=CCN1. The number of benzene rings is 1. The van der Waals surface area contributed by atoms with Crippen LogP contribution in [-0.4, -0.2) is 38.1 Å². The molecule has 2 heterocycles. The molecule has 2 aliphatic rings. The van der Waals surface area contributed by atoms with Crippen LogP contribution in [0.4, 0.5) is 5.69 Å². The van der Waals surface area contributed by atoms with Crippen LogP contribution in [0.15, 0.2) is 36.4 Å². The van der Waals surface area contributed by atoms with Crippen LogP contribution >= 0.6 is 0 Å². The Bertz CT molecular complexity index is 498. The van der Waals surface area contributed by atoms with Crippen LogP contribution in [0.3, 0.4) is 0 Å². The number of anilines is 1. The lowest BCUT2D eigenvalue weighted by molar-refractivity contribution is -0.121. The van der Waals surface area contributed by atoms with Crippen molar-refractivity contribution in [1.29, 1.82) is 0 Å². The number of rotatable bonds is 4. The van der Waals surface area contributed by atoms with Crippen molar-refractivity contribution in [2.75, 3.05) is 31.1 Å². The van der Waals surface area contributed by atoms with Gasteiger partial charge in [0.2, 0.25) is 5.91 Å². The summed E-state index contributed by atoms with van der Waals surface area (Å²) in [4.78, 5) is 14.2. The summed E-state index contributed by atoms with van der Waals surface area (Å²) in [5.41, 5.74) is 2.73. The quantitative estimate of drug-likeness (QED) is 0.780. The van der Waals surface area contributed by atoms with Gasteiger partial charge in [-0.25, -0.2) is 0 Å². The highest BCUT2D eigenvalue weighted by Gasteiger charge is 2.19. The Morgan fingerprint density at radius 2 is 2.32 bits per heavy atom. The maximum absolute atomic E-state index is 11.8. The first-order valence-corrected chi connectivity index (χ1v) is 6.85. The Labute approximate surface area is 113 Å². The van der Waals surface area contributed by atoms with Gasteiger partial charge < -0.3 is 10.2 Å². The summed E-state index contributed by atoms with van der Waals surface area (Å²) in [6.45, 7) is 3.41. The number of para-hydroxylation sites is 1. The molecule has 2 aliphatic heterocycles. The Morgan fingerprint density at radius 1 is 1.42 bits per heavy atom. The number of hydrogen-bond donors (Lipinski definition) is 2. The monoisotopic (exact) mass is 257 g/mol. The predicted molar refractivity (Wildman–Crippen MR) is 76.3 cm³/mol. The number of nitrogens with zero attached hydrogens (tertiary/aromatic N) is 1. The average molecular weight is 257 g/mol. The lowest BCUT2D eigenvalue weighted by Crippen LogP contribution is -2.43. The van der Waals surface area contributed by atoms with E-state index >= 15 is 0 Å². The zero-order valence-electron chi connectivity index (χ0n) is 10.9. The van der Waals surface area contributed by atoms with Crippen LogP contribution in [0.2, 0.25) is 0 Å². The summed E-state index contributed by atoms with van der Waals surface area (Å²) < 4.78 is 0. The highest BCUT2D eigenvalue weighted by Crippen LogP contribution is 2.26. The molecule has 4 heteroatoms. The zero-order valence-corrected chi connectivity index (χ0v) is 10.9. The van der Waals surface area contributed by atoms with Crippen molar-refractivity contribution in [3.05, 3.63) is 42.0 Å². The van der Waals surface area contributed by atoms with E-state index in [-0.39, 0.29) is 11.9 Å². The summed E-state index contributed by atoms with van der Waals surface area (Å²) in [6, 6.07) is 8.35. The molecule has 0 fully saturated rings. The lowest BCUT2D eigenvalue weighted by atomic mass is 10.2. The van der Waals surface area contributed by atoms with Crippen LogP contribution in [-0.2, 0) is 11.2 Å². The number of nitrogens with one attached hydrogen (secondary N) is 2. The minimum absolute atomic E-state index is 0.0706. The van der Waals surface area contributed by atoms with Gasteiger partial charge in [0.25, 0.3) is 0 Å². The molecule has 0 spiro atoms. The van der Waals surface area contributed by atoms with E-state index in [1.807, 2.05) is 12.2 Å². The first-order chi connectivity index (χ1) is 9.34. The Kier molecular flexibility index (Phi) is 3.51. The molecule has 0 unspecified atom stereocenters. The third kappa shape index (κ3) is 2.63. The molecule has 19 heavy (non-hydrogen) atoms. The van der Waals surface area contributed by atoms with Gasteiger partial charge >= 0.3 is 0 Å². The highest BCUT2D eigenvalue weighted by molar-refractivity contribution is 5.84. The maximum Gasteiger partial charge on any atom is 0.241 e. The summed E-state index contributed by atoms with van der Waals surface area (Å²) in [5.74, 6) is 0.0706. The van der Waals surface area contributed by atoms with Crippen molar-refractivity contribution >= 4 is 11.6 Å². The predicted octanol–water partition coefficient (Wildman–Crippen LogP) is 0.693. The van der Waals surface area contributed by atoms with Crippen molar-refractivity contribution in [3.8, 4) is 0 Å². The molecule has 0 aliphatic carbocycles. The van der Waals surface area contributed by atoms with E-state index in [0.717, 1.165) is 26.1 Å². The molecular weight excluding hydrogens is 238 g/mol. The van der Waals surface area contributed by atoms with Gasteiger partial charge in [0, 0.05) is 31.9 Å². The van der Waals surface area contributed by atoms with Gasteiger partial charge in [0.15, 0.2) is 0 Å². The molecule has 100 valence electrons. The Hall–Kier alpha value is -1.81. The number of amides is 1. The highest BCUT2D eigenvalue weighted by atomic mass is 16.2. The van der Waals surface area contributed by atoms with Crippen LogP contribution in [0.1, 0.15) is 5.56 Å². The molecule has 0 saturated carbocycles. The van der Waals surface area contributed by atoms with E-state index in [9.17, 15) is 4.79 Å². The summed E-state index contributed by atoms with van der Waals surface area (Å²) >= 11 is 0. The number of fused-ring (bicyclic) bond motifs is 1. The van der Waals surface area contributed by atoms with Crippen molar-refractivity contribution in [2.24, 2.45) is 0 Å². The van der Waals surface area contributed by atoms with E-state index in [2.05, 4.69) is 39.8 Å². The minimum Gasteiger partial charge on any atom is -0.369 e.